The summed E-state index contributed by atoms with van der Waals surface area (Å²) in [5, 5.41) is 21.3. The normalized spacial score (nSPS) is 13.5. The Morgan fingerprint density at radius 3 is 2.52 bits per heavy atom. The third-order valence-electron chi connectivity index (χ3n) is 7.09. The van der Waals surface area contributed by atoms with Gasteiger partial charge in [0.05, 0.1) is 11.4 Å². The van der Waals surface area contributed by atoms with E-state index in [1.54, 1.807) is 16.8 Å². The van der Waals surface area contributed by atoms with E-state index in [0.29, 0.717) is 39.9 Å². The first-order chi connectivity index (χ1) is 20.0. The molecule has 8 nitrogen and oxygen atoms in total. The third kappa shape index (κ3) is 5.64. The molecule has 0 spiro atoms. The monoisotopic (exact) mass is 626 g/mol. The molecule has 1 saturated carbocycles. The van der Waals surface area contributed by atoms with Crippen molar-refractivity contribution >= 4 is 38.7 Å². The van der Waals surface area contributed by atoms with Crippen LogP contribution in [0.2, 0.25) is 0 Å². The molecule has 5 aromatic rings. The second-order valence-electron chi connectivity index (χ2n) is 10.2. The van der Waals surface area contributed by atoms with E-state index in [9.17, 15) is 22.7 Å². The fourth-order valence-electron chi connectivity index (χ4n) is 4.86. The molecule has 0 radical (unpaired) electrons. The Morgan fingerprint density at radius 2 is 1.90 bits per heavy atom. The number of halogens is 2. The quantitative estimate of drug-likeness (QED) is 0.201. The lowest BCUT2D eigenvalue weighted by molar-refractivity contribution is 0.0691. The predicted octanol–water partition coefficient (Wildman–Crippen LogP) is 6.20. The minimum atomic E-state index is -4.24. The molecule has 0 bridgehead atoms. The number of nitrogens with two attached hydrogens (primary N) is 1. The summed E-state index contributed by atoms with van der Waals surface area (Å²) in [4.78, 5) is 17.1. The number of primary sulfonamides is 1. The Bertz CT molecular complexity index is 1960. The van der Waals surface area contributed by atoms with Crippen LogP contribution in [0.5, 0.6) is 0 Å². The van der Waals surface area contributed by atoms with Crippen molar-refractivity contribution in [3.8, 4) is 26.8 Å². The van der Waals surface area contributed by atoms with E-state index in [2.05, 4.69) is 4.98 Å². The minimum Gasteiger partial charge on any atom is -0.476 e. The first kappa shape index (κ1) is 28.3. The maximum Gasteiger partial charge on any atom is 0.355 e. The van der Waals surface area contributed by atoms with Gasteiger partial charge in [-0.3, -0.25) is 0 Å². The van der Waals surface area contributed by atoms with Crippen molar-refractivity contribution in [2.45, 2.75) is 37.5 Å². The topological polar surface area (TPSA) is 128 Å². The molecule has 6 rings (SSSR count). The molecule has 0 unspecified atom stereocenters. The van der Waals surface area contributed by atoms with Gasteiger partial charge in [-0.15, -0.1) is 22.7 Å². The van der Waals surface area contributed by atoms with Crippen molar-refractivity contribution in [2.24, 2.45) is 11.1 Å². The summed E-state index contributed by atoms with van der Waals surface area (Å²) in [5.41, 5.74) is 3.45. The SMILES string of the molecule is Cc1ccc(-c2cc(-c3nn(-c4nc(C(=O)O)cs4)c(CC4CC4)c3Cc3ccc(S(N)(=O)=O)c(F)c3)ccc2F)s1. The largest absolute Gasteiger partial charge is 0.476 e. The number of benzene rings is 2. The zero-order valence-corrected chi connectivity index (χ0v) is 24.6. The molecule has 216 valence electrons. The molecule has 1 aliphatic rings. The molecular weight excluding hydrogens is 603 g/mol. The van der Waals surface area contributed by atoms with Gasteiger partial charge in [-0.1, -0.05) is 6.07 Å². The maximum atomic E-state index is 15.0. The van der Waals surface area contributed by atoms with Crippen LogP contribution < -0.4 is 5.14 Å². The standard InChI is InChI=1S/C29H24F2N4O4S3/c1-15-2-8-25(41-15)19-13-18(6-7-21(19)30)27-20(10-17-5-9-26(22(31)11-17)42(32,38)39)24(12-16-3-4-16)35(34-27)29-33-23(14-40-29)28(36)37/h2,5-9,11,13-14,16H,3-4,10,12H2,1H3,(H,36,37)(H2,32,38,39). The van der Waals surface area contributed by atoms with Crippen LogP contribution in [0.15, 0.2) is 58.8 Å². The van der Waals surface area contributed by atoms with Gasteiger partial charge in [0, 0.05) is 38.2 Å². The van der Waals surface area contributed by atoms with E-state index in [1.165, 1.54) is 28.8 Å². The van der Waals surface area contributed by atoms with Crippen LogP contribution in [0.4, 0.5) is 8.78 Å². The maximum absolute atomic E-state index is 15.0. The molecule has 1 fully saturated rings. The first-order valence-corrected chi connectivity index (χ1v) is 16.2. The lowest BCUT2D eigenvalue weighted by atomic mass is 9.96. The van der Waals surface area contributed by atoms with Crippen molar-refractivity contribution in [2.75, 3.05) is 0 Å². The molecule has 3 heterocycles. The van der Waals surface area contributed by atoms with Crippen molar-refractivity contribution in [1.82, 2.24) is 14.8 Å². The molecule has 1 aliphatic carbocycles. The van der Waals surface area contributed by atoms with Crippen molar-refractivity contribution in [1.29, 1.82) is 0 Å². The van der Waals surface area contributed by atoms with Gasteiger partial charge in [0.25, 0.3) is 0 Å². The number of rotatable bonds is 9. The number of aromatic nitrogens is 3. The molecule has 0 amide bonds. The zero-order valence-electron chi connectivity index (χ0n) is 22.2. The van der Waals surface area contributed by atoms with Gasteiger partial charge in [0.2, 0.25) is 15.2 Å². The van der Waals surface area contributed by atoms with Gasteiger partial charge in [-0.25, -0.2) is 36.8 Å². The fourth-order valence-corrected chi connectivity index (χ4v) is 7.10. The third-order valence-corrected chi connectivity index (χ3v) is 9.88. The number of hydrogen-bond donors (Lipinski definition) is 2. The van der Waals surface area contributed by atoms with Crippen LogP contribution in [0.3, 0.4) is 0 Å². The molecular formula is C29H24F2N4O4S3. The van der Waals surface area contributed by atoms with E-state index in [-0.39, 0.29) is 17.9 Å². The van der Waals surface area contributed by atoms with Crippen molar-refractivity contribution < 1.29 is 27.1 Å². The average molecular weight is 627 g/mol. The lowest BCUT2D eigenvalue weighted by Gasteiger charge is -2.10. The second kappa shape index (κ2) is 10.8. The molecule has 2 aromatic carbocycles. The lowest BCUT2D eigenvalue weighted by Crippen LogP contribution is -2.14. The van der Waals surface area contributed by atoms with E-state index in [0.717, 1.165) is 57.3 Å². The Morgan fingerprint density at radius 1 is 1.12 bits per heavy atom. The number of carboxylic acids is 1. The number of carbonyl (C=O) groups is 1. The highest BCUT2D eigenvalue weighted by Gasteiger charge is 2.30. The molecule has 3 aromatic heterocycles. The van der Waals surface area contributed by atoms with Crippen LogP contribution in [-0.2, 0) is 22.9 Å². The summed E-state index contributed by atoms with van der Waals surface area (Å²) in [6, 6.07) is 12.3. The van der Waals surface area contributed by atoms with Crippen LogP contribution in [0.25, 0.3) is 26.8 Å². The van der Waals surface area contributed by atoms with Gasteiger partial charge in [0.15, 0.2) is 5.69 Å². The molecule has 0 saturated heterocycles. The number of aryl methyl sites for hydroxylation is 1. The van der Waals surface area contributed by atoms with E-state index >= 15 is 4.39 Å². The Kier molecular flexibility index (Phi) is 7.29. The van der Waals surface area contributed by atoms with Gasteiger partial charge in [-0.2, -0.15) is 5.10 Å². The molecule has 0 atom stereocenters. The van der Waals surface area contributed by atoms with Crippen LogP contribution in [-0.4, -0.2) is 34.3 Å². The van der Waals surface area contributed by atoms with E-state index in [1.807, 2.05) is 19.1 Å². The summed E-state index contributed by atoms with van der Waals surface area (Å²) in [5.74, 6) is -2.11. The summed E-state index contributed by atoms with van der Waals surface area (Å²) < 4.78 is 55.1. The van der Waals surface area contributed by atoms with Crippen LogP contribution in [0, 0.1) is 24.5 Å². The number of thiophene rings is 1. The second-order valence-corrected chi connectivity index (χ2v) is 13.9. The molecule has 42 heavy (non-hydrogen) atoms. The highest BCUT2D eigenvalue weighted by Crippen LogP contribution is 2.40. The summed E-state index contributed by atoms with van der Waals surface area (Å²) in [6.45, 7) is 1.94. The molecule has 13 heteroatoms. The highest BCUT2D eigenvalue weighted by atomic mass is 32.2. The number of sulfonamides is 1. The van der Waals surface area contributed by atoms with Gasteiger partial charge in [-0.05, 0) is 80.1 Å². The Labute approximate surface area is 248 Å². The smallest absolute Gasteiger partial charge is 0.355 e. The van der Waals surface area contributed by atoms with E-state index in [4.69, 9.17) is 10.2 Å². The van der Waals surface area contributed by atoms with Gasteiger partial charge >= 0.3 is 5.97 Å². The predicted molar refractivity (Wildman–Crippen MR) is 157 cm³/mol. The number of carboxylic acid groups (broad SMARTS) is 1. The molecule has 3 N–H and O–H groups in total. The van der Waals surface area contributed by atoms with Crippen molar-refractivity contribution in [3.63, 3.8) is 0 Å². The Hall–Kier alpha value is -3.78. The molecule has 0 aliphatic heterocycles. The van der Waals surface area contributed by atoms with Crippen LogP contribution >= 0.6 is 22.7 Å². The number of hydrogen-bond acceptors (Lipinski definition) is 7. The minimum absolute atomic E-state index is 0.108. The highest BCUT2D eigenvalue weighted by molar-refractivity contribution is 7.89. The summed E-state index contributed by atoms with van der Waals surface area (Å²) in [7, 11) is -4.24. The van der Waals surface area contributed by atoms with Crippen molar-refractivity contribution in [3.05, 3.63) is 92.9 Å². The van der Waals surface area contributed by atoms with Gasteiger partial charge < -0.3 is 5.11 Å². The number of aromatic carboxylic acids is 1. The van der Waals surface area contributed by atoms with E-state index < -0.39 is 26.7 Å². The Balaban J connectivity index is 1.54. The van der Waals surface area contributed by atoms with Crippen LogP contribution in [0.1, 0.15) is 45.0 Å². The summed E-state index contributed by atoms with van der Waals surface area (Å²) in [6.07, 6.45) is 2.85. The fraction of sp³-hybridized carbons (Fsp3) is 0.207. The number of thiazole rings is 1. The average Bonchev–Trinajstić information content (AvgIpc) is 3.27. The first-order valence-electron chi connectivity index (χ1n) is 13.0. The zero-order chi connectivity index (χ0) is 29.8. The van der Waals surface area contributed by atoms with Gasteiger partial charge in [0.1, 0.15) is 16.5 Å². The number of nitrogens with zero attached hydrogens (tertiary/aromatic N) is 3. The summed E-state index contributed by atoms with van der Waals surface area (Å²) >= 11 is 2.61.